The van der Waals surface area contributed by atoms with Gasteiger partial charge in [0, 0.05) is 29.4 Å². The Morgan fingerprint density at radius 3 is 2.67 bits per heavy atom. The zero-order chi connectivity index (χ0) is 18.6. The van der Waals surface area contributed by atoms with Gasteiger partial charge in [0.15, 0.2) is 0 Å². The van der Waals surface area contributed by atoms with Crippen LogP contribution in [0, 0.1) is 6.92 Å². The smallest absolute Gasteiger partial charge is 0.133 e. The second-order valence-electron chi connectivity index (χ2n) is 6.71. The minimum absolute atomic E-state index is 0.203. The number of furan rings is 1. The Morgan fingerprint density at radius 1 is 1.04 bits per heavy atom. The van der Waals surface area contributed by atoms with Gasteiger partial charge in [-0.15, -0.1) is 0 Å². The zero-order valence-corrected chi connectivity index (χ0v) is 15.6. The molecule has 0 amide bonds. The van der Waals surface area contributed by atoms with Crippen molar-refractivity contribution in [1.29, 1.82) is 0 Å². The molecule has 0 aliphatic heterocycles. The average molecular weight is 357 g/mol. The monoisotopic (exact) mass is 357 g/mol. The van der Waals surface area contributed by atoms with Gasteiger partial charge >= 0.3 is 0 Å². The van der Waals surface area contributed by atoms with E-state index in [0.29, 0.717) is 0 Å². The first-order valence-corrected chi connectivity index (χ1v) is 9.18. The second-order valence-corrected chi connectivity index (χ2v) is 6.71. The summed E-state index contributed by atoms with van der Waals surface area (Å²) in [6.45, 7) is 5.08. The van der Waals surface area contributed by atoms with E-state index in [9.17, 15) is 0 Å². The molecule has 1 N–H and O–H groups in total. The normalized spacial score (nSPS) is 12.2. The van der Waals surface area contributed by atoms with Gasteiger partial charge in [0.05, 0.1) is 18.1 Å². The molecular weight excluding hydrogens is 334 g/mol. The summed E-state index contributed by atoms with van der Waals surface area (Å²) in [4.78, 5) is 0. The molecule has 4 nitrogen and oxygen atoms in total. The molecule has 1 unspecified atom stereocenters. The summed E-state index contributed by atoms with van der Waals surface area (Å²) in [7, 11) is 0. The quantitative estimate of drug-likeness (QED) is 0.510. The van der Waals surface area contributed by atoms with Gasteiger partial charge in [0.2, 0.25) is 0 Å². The number of benzene rings is 2. The minimum atomic E-state index is 0.203. The van der Waals surface area contributed by atoms with Crippen molar-refractivity contribution in [2.24, 2.45) is 0 Å². The van der Waals surface area contributed by atoms with Crippen molar-refractivity contribution in [3.05, 3.63) is 96.0 Å². The van der Waals surface area contributed by atoms with Crippen molar-refractivity contribution >= 4 is 0 Å². The second kappa shape index (κ2) is 7.64. The summed E-state index contributed by atoms with van der Waals surface area (Å²) in [5.41, 5.74) is 5.77. The third-order valence-corrected chi connectivity index (χ3v) is 4.86. The van der Waals surface area contributed by atoms with Crippen molar-refractivity contribution in [2.45, 2.75) is 26.4 Å². The van der Waals surface area contributed by atoms with Crippen LogP contribution in [-0.2, 0) is 6.54 Å². The van der Waals surface area contributed by atoms with E-state index in [4.69, 9.17) is 4.42 Å². The Bertz CT molecular complexity index is 1000. The molecule has 2 aromatic carbocycles. The summed E-state index contributed by atoms with van der Waals surface area (Å²) < 4.78 is 7.49. The van der Waals surface area contributed by atoms with Gasteiger partial charge in [0.25, 0.3) is 0 Å². The van der Waals surface area contributed by atoms with Gasteiger partial charge in [0.1, 0.15) is 5.76 Å². The standard InChI is InChI=1S/C23H23N3O/c1-17(22-16-25-26(18(22)2)21-10-4-3-5-11-21)24-15-19-8-6-9-20(14-19)23-12-7-13-27-23/h3-14,16-17,24H,15H2,1-2H3. The molecule has 4 heteroatoms. The molecule has 0 spiro atoms. The Hall–Kier alpha value is -3.11. The van der Waals surface area contributed by atoms with Crippen LogP contribution in [0.2, 0.25) is 0 Å². The lowest BCUT2D eigenvalue weighted by molar-refractivity contribution is 0.570. The molecule has 0 saturated carbocycles. The van der Waals surface area contributed by atoms with E-state index in [-0.39, 0.29) is 6.04 Å². The Balaban J connectivity index is 1.47. The summed E-state index contributed by atoms with van der Waals surface area (Å²) in [5, 5.41) is 8.18. The van der Waals surface area contributed by atoms with E-state index in [2.05, 4.69) is 60.7 Å². The number of hydrogen-bond acceptors (Lipinski definition) is 3. The van der Waals surface area contributed by atoms with E-state index in [0.717, 1.165) is 29.2 Å². The van der Waals surface area contributed by atoms with Crippen LogP contribution in [0.1, 0.15) is 29.8 Å². The van der Waals surface area contributed by atoms with Crippen molar-refractivity contribution in [3.8, 4) is 17.0 Å². The summed E-state index contributed by atoms with van der Waals surface area (Å²) in [6, 6.07) is 22.8. The van der Waals surface area contributed by atoms with Crippen LogP contribution in [0.5, 0.6) is 0 Å². The van der Waals surface area contributed by atoms with Crippen molar-refractivity contribution in [1.82, 2.24) is 15.1 Å². The van der Waals surface area contributed by atoms with E-state index in [1.807, 2.05) is 41.2 Å². The fourth-order valence-electron chi connectivity index (χ4n) is 3.34. The maximum Gasteiger partial charge on any atom is 0.133 e. The van der Waals surface area contributed by atoms with E-state index in [1.54, 1.807) is 6.26 Å². The molecule has 4 rings (SSSR count). The maximum absolute atomic E-state index is 5.50. The molecule has 0 saturated heterocycles. The fraction of sp³-hybridized carbons (Fsp3) is 0.174. The van der Waals surface area contributed by atoms with Gasteiger partial charge in [-0.25, -0.2) is 4.68 Å². The first-order chi connectivity index (χ1) is 13.2. The van der Waals surface area contributed by atoms with Crippen molar-refractivity contribution < 1.29 is 4.42 Å². The molecule has 2 heterocycles. The molecular formula is C23H23N3O. The highest BCUT2D eigenvalue weighted by molar-refractivity contribution is 5.58. The summed E-state index contributed by atoms with van der Waals surface area (Å²) in [5.74, 6) is 0.893. The van der Waals surface area contributed by atoms with Crippen LogP contribution < -0.4 is 5.32 Å². The molecule has 4 aromatic rings. The van der Waals surface area contributed by atoms with E-state index < -0.39 is 0 Å². The minimum Gasteiger partial charge on any atom is -0.464 e. The molecule has 2 aromatic heterocycles. The lowest BCUT2D eigenvalue weighted by atomic mass is 10.1. The van der Waals surface area contributed by atoms with Crippen LogP contribution in [0.3, 0.4) is 0 Å². The largest absolute Gasteiger partial charge is 0.464 e. The Morgan fingerprint density at radius 2 is 1.89 bits per heavy atom. The number of hydrogen-bond donors (Lipinski definition) is 1. The number of nitrogens with zero attached hydrogens (tertiary/aromatic N) is 2. The third-order valence-electron chi connectivity index (χ3n) is 4.86. The van der Waals surface area contributed by atoms with Crippen LogP contribution in [-0.4, -0.2) is 9.78 Å². The van der Waals surface area contributed by atoms with Crippen LogP contribution in [0.25, 0.3) is 17.0 Å². The highest BCUT2D eigenvalue weighted by Gasteiger charge is 2.14. The van der Waals surface area contributed by atoms with Gasteiger partial charge < -0.3 is 9.73 Å². The fourth-order valence-corrected chi connectivity index (χ4v) is 3.34. The number of para-hydroxylation sites is 1. The molecule has 136 valence electrons. The van der Waals surface area contributed by atoms with Gasteiger partial charge in [-0.3, -0.25) is 0 Å². The van der Waals surface area contributed by atoms with Crippen LogP contribution >= 0.6 is 0 Å². The average Bonchev–Trinajstić information content (AvgIpc) is 3.37. The summed E-state index contributed by atoms with van der Waals surface area (Å²) >= 11 is 0. The molecule has 0 aliphatic carbocycles. The lowest BCUT2D eigenvalue weighted by Gasteiger charge is -2.14. The van der Waals surface area contributed by atoms with Gasteiger partial charge in [-0.05, 0) is 49.7 Å². The van der Waals surface area contributed by atoms with Crippen molar-refractivity contribution in [3.63, 3.8) is 0 Å². The molecule has 27 heavy (non-hydrogen) atoms. The predicted molar refractivity (Wildman–Crippen MR) is 108 cm³/mol. The molecule has 1 atom stereocenters. The molecule has 0 aliphatic rings. The molecule has 0 fully saturated rings. The first-order valence-electron chi connectivity index (χ1n) is 9.18. The topological polar surface area (TPSA) is 43.0 Å². The number of aromatic nitrogens is 2. The Labute approximate surface area is 159 Å². The highest BCUT2D eigenvalue weighted by Crippen LogP contribution is 2.23. The lowest BCUT2D eigenvalue weighted by Crippen LogP contribution is -2.18. The molecule has 0 radical (unpaired) electrons. The molecule has 0 bridgehead atoms. The van der Waals surface area contributed by atoms with Crippen molar-refractivity contribution in [2.75, 3.05) is 0 Å². The van der Waals surface area contributed by atoms with Gasteiger partial charge in [-0.1, -0.05) is 36.4 Å². The number of rotatable bonds is 6. The van der Waals surface area contributed by atoms with Crippen LogP contribution in [0.15, 0.2) is 83.6 Å². The number of nitrogens with one attached hydrogen (secondary N) is 1. The highest BCUT2D eigenvalue weighted by atomic mass is 16.3. The zero-order valence-electron chi connectivity index (χ0n) is 15.6. The Kier molecular flexibility index (Phi) is 4.90. The van der Waals surface area contributed by atoms with E-state index >= 15 is 0 Å². The SMILES string of the molecule is Cc1c(C(C)NCc2cccc(-c3ccco3)c2)cnn1-c1ccccc1. The van der Waals surface area contributed by atoms with E-state index in [1.165, 1.54) is 11.1 Å². The first kappa shape index (κ1) is 17.3. The maximum atomic E-state index is 5.50. The predicted octanol–water partition coefficient (Wildman–Crippen LogP) is 5.29. The van der Waals surface area contributed by atoms with Gasteiger partial charge in [-0.2, -0.15) is 5.10 Å². The summed E-state index contributed by atoms with van der Waals surface area (Å²) in [6.07, 6.45) is 3.66. The van der Waals surface area contributed by atoms with Crippen LogP contribution in [0.4, 0.5) is 0 Å². The third kappa shape index (κ3) is 3.71.